The monoisotopic (exact) mass is 318 g/mol. The van der Waals surface area contributed by atoms with E-state index in [1.54, 1.807) is 12.4 Å². The second-order valence-electron chi connectivity index (χ2n) is 4.05. The number of benzene rings is 1. The molecule has 108 valence electrons. The first-order valence-corrected chi connectivity index (χ1v) is 8.03. The van der Waals surface area contributed by atoms with Crippen LogP contribution >= 0.6 is 10.7 Å². The molecule has 0 N–H and O–H groups in total. The summed E-state index contributed by atoms with van der Waals surface area (Å²) in [6, 6.07) is 3.27. The smallest absolute Gasteiger partial charge is 0.261 e. The quantitative estimate of drug-likeness (QED) is 0.794. The van der Waals surface area contributed by atoms with E-state index in [2.05, 4.69) is 4.98 Å². The van der Waals surface area contributed by atoms with Crippen molar-refractivity contribution in [2.75, 3.05) is 6.61 Å². The average Bonchev–Trinajstić information content (AvgIpc) is 2.76. The summed E-state index contributed by atoms with van der Waals surface area (Å²) in [5.74, 6) is 0.0403. The summed E-state index contributed by atoms with van der Waals surface area (Å²) in [4.78, 5) is 3.75. The van der Waals surface area contributed by atoms with E-state index < -0.39 is 14.9 Å². The predicted molar refractivity (Wildman–Crippen MR) is 71.9 cm³/mol. The average molecular weight is 319 g/mol. The Hall–Kier alpha value is -1.60. The van der Waals surface area contributed by atoms with Crippen molar-refractivity contribution in [2.24, 2.45) is 0 Å². The number of nitrogens with zero attached hydrogens (tertiary/aromatic N) is 2. The molecule has 0 aliphatic heterocycles. The van der Waals surface area contributed by atoms with Crippen LogP contribution in [0.15, 0.2) is 35.5 Å². The van der Waals surface area contributed by atoms with Gasteiger partial charge in [0.15, 0.2) is 11.6 Å². The van der Waals surface area contributed by atoms with Gasteiger partial charge in [0, 0.05) is 23.1 Å². The number of hydrogen-bond donors (Lipinski definition) is 0. The highest BCUT2D eigenvalue weighted by Gasteiger charge is 2.13. The van der Waals surface area contributed by atoms with Crippen molar-refractivity contribution in [3.05, 3.63) is 42.2 Å². The van der Waals surface area contributed by atoms with Gasteiger partial charge >= 0.3 is 0 Å². The number of aromatic nitrogens is 2. The van der Waals surface area contributed by atoms with Crippen molar-refractivity contribution in [1.82, 2.24) is 9.55 Å². The minimum absolute atomic E-state index is 0.0214. The normalized spacial score (nSPS) is 11.6. The zero-order valence-corrected chi connectivity index (χ0v) is 12.2. The Labute approximate surface area is 120 Å². The zero-order valence-electron chi connectivity index (χ0n) is 10.6. The lowest BCUT2D eigenvalue weighted by Crippen LogP contribution is -2.09. The van der Waals surface area contributed by atoms with E-state index in [0.29, 0.717) is 6.54 Å². The van der Waals surface area contributed by atoms with Gasteiger partial charge in [-0.3, -0.25) is 0 Å². The van der Waals surface area contributed by atoms with Gasteiger partial charge in [-0.15, -0.1) is 0 Å². The molecule has 20 heavy (non-hydrogen) atoms. The van der Waals surface area contributed by atoms with Gasteiger partial charge in [-0.2, -0.15) is 0 Å². The van der Waals surface area contributed by atoms with Gasteiger partial charge in [-0.05, 0) is 25.1 Å². The molecule has 0 saturated heterocycles. The first kappa shape index (κ1) is 14.8. The van der Waals surface area contributed by atoms with E-state index in [4.69, 9.17) is 15.4 Å². The maximum absolute atomic E-state index is 13.7. The third-order valence-electron chi connectivity index (χ3n) is 2.70. The van der Waals surface area contributed by atoms with Crippen LogP contribution < -0.4 is 4.74 Å². The van der Waals surface area contributed by atoms with Crippen molar-refractivity contribution in [3.63, 3.8) is 0 Å². The first-order chi connectivity index (χ1) is 9.38. The number of imidazole rings is 1. The van der Waals surface area contributed by atoms with Crippen molar-refractivity contribution in [2.45, 2.75) is 18.4 Å². The molecule has 0 unspecified atom stereocenters. The fourth-order valence-electron chi connectivity index (χ4n) is 1.64. The lowest BCUT2D eigenvalue weighted by Gasteiger charge is -2.09. The Kier molecular flexibility index (Phi) is 4.29. The summed E-state index contributed by atoms with van der Waals surface area (Å²) in [5.41, 5.74) is 0. The maximum atomic E-state index is 13.7. The third-order valence-corrected chi connectivity index (χ3v) is 4.05. The molecule has 0 aliphatic carbocycles. The van der Waals surface area contributed by atoms with Crippen LogP contribution in [0.25, 0.3) is 0 Å². The summed E-state index contributed by atoms with van der Waals surface area (Å²) < 4.78 is 42.9. The standard InChI is InChI=1S/C12H12ClFN2O3S/c1-9-15-4-5-16(9)6-7-19-12-3-2-10(8-11(12)14)20(13,17)18/h2-5,8H,6-7H2,1H3. The van der Waals surface area contributed by atoms with Gasteiger partial charge in [0.25, 0.3) is 9.05 Å². The molecule has 0 bridgehead atoms. The fourth-order valence-corrected chi connectivity index (χ4v) is 2.41. The summed E-state index contributed by atoms with van der Waals surface area (Å²) in [7, 11) is 1.19. The number of hydrogen-bond acceptors (Lipinski definition) is 4. The minimum Gasteiger partial charge on any atom is -0.489 e. The van der Waals surface area contributed by atoms with Crippen LogP contribution in [-0.4, -0.2) is 24.6 Å². The lowest BCUT2D eigenvalue weighted by atomic mass is 10.3. The predicted octanol–water partition coefficient (Wildman–Crippen LogP) is 2.34. The van der Waals surface area contributed by atoms with Gasteiger partial charge in [0.05, 0.1) is 11.4 Å². The Bertz CT molecular complexity index is 715. The summed E-state index contributed by atoms with van der Waals surface area (Å²) in [5, 5.41) is 0. The highest BCUT2D eigenvalue weighted by atomic mass is 35.7. The molecule has 1 aromatic heterocycles. The topological polar surface area (TPSA) is 61.2 Å². The van der Waals surface area contributed by atoms with Crippen molar-refractivity contribution in [3.8, 4) is 5.75 Å². The minimum atomic E-state index is -3.94. The van der Waals surface area contributed by atoms with Gasteiger partial charge in [0.2, 0.25) is 0 Å². The molecule has 1 heterocycles. The van der Waals surface area contributed by atoms with E-state index in [1.807, 2.05) is 11.5 Å². The van der Waals surface area contributed by atoms with Crippen LogP contribution in [0.3, 0.4) is 0 Å². The third kappa shape index (κ3) is 3.49. The molecule has 2 aromatic rings. The summed E-state index contributed by atoms with van der Waals surface area (Å²) in [6.45, 7) is 2.60. The van der Waals surface area contributed by atoms with Crippen molar-refractivity contribution in [1.29, 1.82) is 0 Å². The molecule has 0 radical (unpaired) electrons. The molecule has 0 spiro atoms. The Balaban J connectivity index is 2.02. The number of aryl methyl sites for hydroxylation is 1. The molecule has 1 aromatic carbocycles. The molecule has 0 aliphatic rings. The molecular weight excluding hydrogens is 307 g/mol. The van der Waals surface area contributed by atoms with Crippen molar-refractivity contribution < 1.29 is 17.5 Å². The number of ether oxygens (including phenoxy) is 1. The zero-order chi connectivity index (χ0) is 14.8. The van der Waals surface area contributed by atoms with E-state index in [-0.39, 0.29) is 17.3 Å². The number of halogens is 2. The van der Waals surface area contributed by atoms with E-state index in [1.165, 1.54) is 12.1 Å². The van der Waals surface area contributed by atoms with E-state index in [9.17, 15) is 12.8 Å². The number of rotatable bonds is 5. The summed E-state index contributed by atoms with van der Waals surface area (Å²) in [6.07, 6.45) is 3.45. The summed E-state index contributed by atoms with van der Waals surface area (Å²) >= 11 is 0. The van der Waals surface area contributed by atoms with Crippen LogP contribution in [0, 0.1) is 12.7 Å². The van der Waals surface area contributed by atoms with Gasteiger partial charge in [-0.25, -0.2) is 17.8 Å². The Morgan fingerprint density at radius 1 is 1.45 bits per heavy atom. The van der Waals surface area contributed by atoms with Crippen molar-refractivity contribution >= 4 is 19.7 Å². The van der Waals surface area contributed by atoms with E-state index >= 15 is 0 Å². The SMILES string of the molecule is Cc1nccn1CCOc1ccc(S(=O)(=O)Cl)cc1F. The molecule has 0 saturated carbocycles. The van der Waals surface area contributed by atoms with Crippen LogP contribution in [0.5, 0.6) is 5.75 Å². The molecule has 0 amide bonds. The van der Waals surface area contributed by atoms with Crippen LogP contribution in [-0.2, 0) is 15.6 Å². The molecule has 0 fully saturated rings. The highest BCUT2D eigenvalue weighted by molar-refractivity contribution is 8.13. The van der Waals surface area contributed by atoms with Gasteiger partial charge in [0.1, 0.15) is 12.4 Å². The second kappa shape index (κ2) is 5.80. The molecular formula is C12H12ClFN2O3S. The Morgan fingerprint density at radius 3 is 2.75 bits per heavy atom. The molecule has 5 nitrogen and oxygen atoms in total. The van der Waals surface area contributed by atoms with Crippen LogP contribution in [0.4, 0.5) is 4.39 Å². The maximum Gasteiger partial charge on any atom is 0.261 e. The highest BCUT2D eigenvalue weighted by Crippen LogP contribution is 2.23. The largest absolute Gasteiger partial charge is 0.489 e. The fraction of sp³-hybridized carbons (Fsp3) is 0.250. The molecule has 8 heteroatoms. The Morgan fingerprint density at radius 2 is 2.20 bits per heavy atom. The lowest BCUT2D eigenvalue weighted by molar-refractivity contribution is 0.283. The van der Waals surface area contributed by atoms with E-state index in [0.717, 1.165) is 11.9 Å². The molecule has 2 rings (SSSR count). The van der Waals surface area contributed by atoms with Gasteiger partial charge < -0.3 is 9.30 Å². The second-order valence-corrected chi connectivity index (χ2v) is 6.61. The first-order valence-electron chi connectivity index (χ1n) is 5.72. The molecule has 0 atom stereocenters. The van der Waals surface area contributed by atoms with Gasteiger partial charge in [-0.1, -0.05) is 0 Å². The van der Waals surface area contributed by atoms with Crippen LogP contribution in [0.1, 0.15) is 5.82 Å². The van der Waals surface area contributed by atoms with Crippen LogP contribution in [0.2, 0.25) is 0 Å².